The molecule has 0 aromatic carbocycles. The largest absolute Gasteiger partial charge is 0.472 e. The molecule has 0 amide bonds. The summed E-state index contributed by atoms with van der Waals surface area (Å²) in [7, 11) is 0. The maximum atomic E-state index is 11.4. The minimum atomic E-state index is 0.116. The van der Waals surface area contributed by atoms with Crippen LogP contribution in [0.4, 0.5) is 0 Å². The van der Waals surface area contributed by atoms with E-state index in [4.69, 9.17) is 8.94 Å². The third kappa shape index (κ3) is 2.36. The molecule has 0 atom stereocenters. The molecule has 84 valence electrons. The van der Waals surface area contributed by atoms with Gasteiger partial charge in [-0.25, -0.2) is 0 Å². The molecule has 0 N–H and O–H groups in total. The van der Waals surface area contributed by atoms with Gasteiger partial charge in [-0.3, -0.25) is 4.79 Å². The summed E-state index contributed by atoms with van der Waals surface area (Å²) in [5, 5.41) is 3.77. The van der Waals surface area contributed by atoms with Crippen LogP contribution < -0.4 is 0 Å². The second-order valence-corrected chi connectivity index (χ2v) is 3.49. The normalized spacial score (nSPS) is 10.6. The van der Waals surface area contributed by atoms with Crippen LogP contribution in [0.25, 0.3) is 11.4 Å². The van der Waals surface area contributed by atoms with Crippen LogP contribution in [0.3, 0.4) is 0 Å². The van der Waals surface area contributed by atoms with Crippen molar-refractivity contribution in [3.05, 3.63) is 24.5 Å². The van der Waals surface area contributed by atoms with E-state index < -0.39 is 0 Å². The number of nitrogens with zero attached hydrogens (tertiary/aromatic N) is 2. The fourth-order valence-corrected chi connectivity index (χ4v) is 1.37. The minimum absolute atomic E-state index is 0.116. The monoisotopic (exact) mass is 220 g/mol. The molecule has 0 fully saturated rings. The first kappa shape index (κ1) is 10.6. The van der Waals surface area contributed by atoms with Crippen LogP contribution in [0, 0.1) is 0 Å². The van der Waals surface area contributed by atoms with Crippen LogP contribution in [0.2, 0.25) is 0 Å². The van der Waals surface area contributed by atoms with Gasteiger partial charge in [-0.05, 0) is 12.5 Å². The van der Waals surface area contributed by atoms with Crippen molar-refractivity contribution in [1.29, 1.82) is 0 Å². The summed E-state index contributed by atoms with van der Waals surface area (Å²) in [6.45, 7) is 1.96. The molecule has 5 heteroatoms. The topological polar surface area (TPSA) is 69.1 Å². The van der Waals surface area contributed by atoms with Gasteiger partial charge in [0.2, 0.25) is 11.7 Å². The Balaban J connectivity index is 2.06. The maximum Gasteiger partial charge on any atom is 0.234 e. The van der Waals surface area contributed by atoms with E-state index in [1.165, 1.54) is 12.5 Å². The van der Waals surface area contributed by atoms with Crippen LogP contribution in [0.1, 0.15) is 25.7 Å². The second kappa shape index (κ2) is 4.74. The molecule has 5 nitrogen and oxygen atoms in total. The highest BCUT2D eigenvalue weighted by Crippen LogP contribution is 2.16. The fourth-order valence-electron chi connectivity index (χ4n) is 1.37. The lowest BCUT2D eigenvalue weighted by Crippen LogP contribution is -2.01. The van der Waals surface area contributed by atoms with Gasteiger partial charge in [-0.1, -0.05) is 12.1 Å². The van der Waals surface area contributed by atoms with Crippen molar-refractivity contribution in [3.8, 4) is 11.4 Å². The molecule has 0 radical (unpaired) electrons. The van der Waals surface area contributed by atoms with E-state index >= 15 is 0 Å². The van der Waals surface area contributed by atoms with Gasteiger partial charge in [0.25, 0.3) is 0 Å². The van der Waals surface area contributed by atoms with Gasteiger partial charge in [0.15, 0.2) is 0 Å². The van der Waals surface area contributed by atoms with E-state index in [9.17, 15) is 4.79 Å². The summed E-state index contributed by atoms with van der Waals surface area (Å²) in [5.41, 5.74) is 0.748. The van der Waals surface area contributed by atoms with Crippen LogP contribution in [0.5, 0.6) is 0 Å². The maximum absolute atomic E-state index is 11.4. The third-order valence-electron chi connectivity index (χ3n) is 2.12. The third-order valence-corrected chi connectivity index (χ3v) is 2.12. The number of aromatic nitrogens is 2. The number of rotatable bonds is 5. The zero-order chi connectivity index (χ0) is 11.4. The zero-order valence-electron chi connectivity index (χ0n) is 8.97. The van der Waals surface area contributed by atoms with Crippen molar-refractivity contribution in [1.82, 2.24) is 10.1 Å². The lowest BCUT2D eigenvalue weighted by atomic mass is 10.2. The Morgan fingerprint density at radius 3 is 3.06 bits per heavy atom. The lowest BCUT2D eigenvalue weighted by Gasteiger charge is -1.91. The molecular weight excluding hydrogens is 208 g/mol. The Kier molecular flexibility index (Phi) is 3.14. The number of hydrogen-bond acceptors (Lipinski definition) is 5. The highest BCUT2D eigenvalue weighted by molar-refractivity contribution is 5.79. The molecule has 0 unspecified atom stereocenters. The summed E-state index contributed by atoms with van der Waals surface area (Å²) < 4.78 is 9.89. The van der Waals surface area contributed by atoms with E-state index in [1.807, 2.05) is 6.92 Å². The first-order chi connectivity index (χ1) is 7.79. The van der Waals surface area contributed by atoms with Crippen LogP contribution in [-0.2, 0) is 11.2 Å². The lowest BCUT2D eigenvalue weighted by molar-refractivity contribution is -0.118. The van der Waals surface area contributed by atoms with Gasteiger partial charge in [0.05, 0.1) is 18.2 Å². The van der Waals surface area contributed by atoms with Crippen LogP contribution >= 0.6 is 0 Å². The van der Waals surface area contributed by atoms with Crippen molar-refractivity contribution in [3.63, 3.8) is 0 Å². The molecule has 2 aromatic heterocycles. The van der Waals surface area contributed by atoms with Crippen LogP contribution in [0.15, 0.2) is 27.5 Å². The molecule has 0 aliphatic carbocycles. The van der Waals surface area contributed by atoms with Crippen molar-refractivity contribution < 1.29 is 13.7 Å². The molecule has 0 bridgehead atoms. The standard InChI is InChI=1S/C11H12N2O3/c1-2-3-9(14)6-10-12-11(13-16-10)8-4-5-15-7-8/h4-5,7H,2-3,6H2,1H3. The number of carbonyl (C=O) groups excluding carboxylic acids is 1. The zero-order valence-corrected chi connectivity index (χ0v) is 8.97. The second-order valence-electron chi connectivity index (χ2n) is 3.49. The Morgan fingerprint density at radius 2 is 2.38 bits per heavy atom. The van der Waals surface area contributed by atoms with Gasteiger partial charge in [0.1, 0.15) is 12.0 Å². The molecule has 2 rings (SSSR count). The number of hydrogen-bond donors (Lipinski definition) is 0. The summed E-state index contributed by atoms with van der Waals surface area (Å²) in [6, 6.07) is 1.74. The Bertz CT molecular complexity index is 459. The number of furan rings is 1. The average Bonchev–Trinajstić information content (AvgIpc) is 2.86. The van der Waals surface area contributed by atoms with Gasteiger partial charge in [-0.15, -0.1) is 0 Å². The molecule has 0 aliphatic rings. The SMILES string of the molecule is CCCC(=O)Cc1nc(-c2ccoc2)no1. The smallest absolute Gasteiger partial charge is 0.234 e. The van der Waals surface area contributed by atoms with E-state index in [1.54, 1.807) is 6.07 Å². The fraction of sp³-hybridized carbons (Fsp3) is 0.364. The van der Waals surface area contributed by atoms with Crippen molar-refractivity contribution in [2.75, 3.05) is 0 Å². The van der Waals surface area contributed by atoms with E-state index in [-0.39, 0.29) is 12.2 Å². The van der Waals surface area contributed by atoms with E-state index in [0.717, 1.165) is 12.0 Å². The summed E-state index contributed by atoms with van der Waals surface area (Å²) in [6.07, 6.45) is 4.65. The van der Waals surface area contributed by atoms with E-state index in [0.29, 0.717) is 18.1 Å². The highest BCUT2D eigenvalue weighted by atomic mass is 16.5. The Labute approximate surface area is 92.5 Å². The summed E-state index contributed by atoms with van der Waals surface area (Å²) in [4.78, 5) is 15.5. The molecule has 0 saturated carbocycles. The molecule has 2 aromatic rings. The predicted molar refractivity (Wildman–Crippen MR) is 55.6 cm³/mol. The van der Waals surface area contributed by atoms with Gasteiger partial charge >= 0.3 is 0 Å². The summed E-state index contributed by atoms with van der Waals surface area (Å²) >= 11 is 0. The number of ketones is 1. The van der Waals surface area contributed by atoms with Crippen LogP contribution in [-0.4, -0.2) is 15.9 Å². The summed E-state index contributed by atoms with van der Waals surface area (Å²) in [5.74, 6) is 0.924. The van der Waals surface area contributed by atoms with Crippen molar-refractivity contribution in [2.24, 2.45) is 0 Å². The average molecular weight is 220 g/mol. The molecule has 0 spiro atoms. The first-order valence-electron chi connectivity index (χ1n) is 5.16. The van der Waals surface area contributed by atoms with Crippen molar-refractivity contribution >= 4 is 5.78 Å². The Morgan fingerprint density at radius 1 is 1.50 bits per heavy atom. The van der Waals surface area contributed by atoms with Gasteiger partial charge in [-0.2, -0.15) is 4.98 Å². The molecule has 2 heterocycles. The van der Waals surface area contributed by atoms with Gasteiger partial charge < -0.3 is 8.94 Å². The van der Waals surface area contributed by atoms with Crippen molar-refractivity contribution in [2.45, 2.75) is 26.2 Å². The number of Topliss-reactive ketones (excluding diaryl/α,β-unsaturated/α-hetero) is 1. The number of carbonyl (C=O) groups is 1. The minimum Gasteiger partial charge on any atom is -0.472 e. The molecule has 16 heavy (non-hydrogen) atoms. The molecule has 0 saturated heterocycles. The first-order valence-corrected chi connectivity index (χ1v) is 5.16. The molecular formula is C11H12N2O3. The van der Waals surface area contributed by atoms with Gasteiger partial charge in [0, 0.05) is 6.42 Å². The van der Waals surface area contributed by atoms with E-state index in [2.05, 4.69) is 10.1 Å². The quantitative estimate of drug-likeness (QED) is 0.772. The molecule has 0 aliphatic heterocycles. The highest BCUT2D eigenvalue weighted by Gasteiger charge is 2.12. The predicted octanol–water partition coefficient (Wildman–Crippen LogP) is 2.24. The Hall–Kier alpha value is -1.91.